The Morgan fingerprint density at radius 3 is 1.85 bits per heavy atom. The number of aliphatic carboxylic acids is 1. The Bertz CT molecular complexity index is 369. The van der Waals surface area contributed by atoms with Crippen molar-refractivity contribution in [2.75, 3.05) is 0 Å². The summed E-state index contributed by atoms with van der Waals surface area (Å²) in [6.07, 6.45) is -12.6. The molecule has 9 heteroatoms. The SMILES string of the molecule is CC(=CCC(C)CC(O)(C(F)(F)F)C(F)(F)F)C(=O)O. The van der Waals surface area contributed by atoms with Gasteiger partial charge in [0.2, 0.25) is 0 Å². The average Bonchev–Trinajstić information content (AvgIpc) is 2.22. The van der Waals surface area contributed by atoms with Gasteiger partial charge in [0, 0.05) is 5.57 Å². The second kappa shape index (κ2) is 6.02. The summed E-state index contributed by atoms with van der Waals surface area (Å²) in [7, 11) is 0. The molecule has 0 aliphatic rings. The molecule has 0 aromatic heterocycles. The van der Waals surface area contributed by atoms with Crippen molar-refractivity contribution in [2.45, 2.75) is 44.6 Å². The van der Waals surface area contributed by atoms with Crippen LogP contribution in [0.25, 0.3) is 0 Å². The fourth-order valence-electron chi connectivity index (χ4n) is 1.45. The molecule has 2 N–H and O–H groups in total. The molecule has 0 aromatic carbocycles. The van der Waals surface area contributed by atoms with E-state index in [1.54, 1.807) is 0 Å². The van der Waals surface area contributed by atoms with Crippen LogP contribution in [0.4, 0.5) is 26.3 Å². The van der Waals surface area contributed by atoms with E-state index in [0.29, 0.717) is 0 Å². The van der Waals surface area contributed by atoms with Crippen LogP contribution in [0.1, 0.15) is 26.7 Å². The number of aliphatic hydroxyl groups is 1. The van der Waals surface area contributed by atoms with Crippen LogP contribution < -0.4 is 0 Å². The average molecular weight is 308 g/mol. The molecule has 0 aromatic rings. The molecular weight excluding hydrogens is 294 g/mol. The second-order valence-corrected chi connectivity index (χ2v) is 4.59. The van der Waals surface area contributed by atoms with Gasteiger partial charge in [0.1, 0.15) is 0 Å². The maximum Gasteiger partial charge on any atom is 0.426 e. The maximum atomic E-state index is 12.4. The highest BCUT2D eigenvalue weighted by atomic mass is 19.4. The Morgan fingerprint density at radius 2 is 1.55 bits per heavy atom. The fourth-order valence-corrected chi connectivity index (χ4v) is 1.45. The molecule has 0 rings (SSSR count). The first-order chi connectivity index (χ1) is 8.72. The number of alkyl halides is 6. The minimum absolute atomic E-state index is 0.195. The summed E-state index contributed by atoms with van der Waals surface area (Å²) < 4.78 is 74.4. The van der Waals surface area contributed by atoms with E-state index in [4.69, 9.17) is 10.2 Å². The molecule has 0 saturated heterocycles. The van der Waals surface area contributed by atoms with Crippen LogP contribution in [0.2, 0.25) is 0 Å². The van der Waals surface area contributed by atoms with Gasteiger partial charge in [-0.25, -0.2) is 4.79 Å². The van der Waals surface area contributed by atoms with Crippen LogP contribution in [0.5, 0.6) is 0 Å². The number of hydrogen-bond acceptors (Lipinski definition) is 2. The van der Waals surface area contributed by atoms with Gasteiger partial charge in [-0.3, -0.25) is 0 Å². The summed E-state index contributed by atoms with van der Waals surface area (Å²) in [4.78, 5) is 10.4. The topological polar surface area (TPSA) is 57.5 Å². The molecule has 0 aliphatic carbocycles. The molecule has 0 fully saturated rings. The van der Waals surface area contributed by atoms with Gasteiger partial charge in [-0.15, -0.1) is 0 Å². The van der Waals surface area contributed by atoms with Crippen molar-refractivity contribution in [3.63, 3.8) is 0 Å². The molecule has 0 amide bonds. The number of carbonyl (C=O) groups is 1. The molecule has 1 unspecified atom stereocenters. The minimum Gasteiger partial charge on any atom is -0.478 e. The Kier molecular flexibility index (Phi) is 5.65. The Labute approximate surface area is 110 Å². The van der Waals surface area contributed by atoms with Crippen LogP contribution in [-0.2, 0) is 4.79 Å². The molecule has 20 heavy (non-hydrogen) atoms. The van der Waals surface area contributed by atoms with Crippen LogP contribution in [0, 0.1) is 5.92 Å². The molecule has 118 valence electrons. The molecule has 0 saturated carbocycles. The fraction of sp³-hybridized carbons (Fsp3) is 0.727. The third kappa shape index (κ3) is 4.39. The van der Waals surface area contributed by atoms with Gasteiger partial charge in [-0.2, -0.15) is 26.3 Å². The Morgan fingerprint density at radius 1 is 1.15 bits per heavy atom. The van der Waals surface area contributed by atoms with Gasteiger partial charge in [0.25, 0.3) is 5.60 Å². The van der Waals surface area contributed by atoms with Crippen molar-refractivity contribution < 1.29 is 41.4 Å². The lowest BCUT2D eigenvalue weighted by atomic mass is 9.88. The summed E-state index contributed by atoms with van der Waals surface area (Å²) in [5.74, 6) is -2.53. The number of allylic oxidation sites excluding steroid dienone is 1. The zero-order valence-electron chi connectivity index (χ0n) is 10.6. The van der Waals surface area contributed by atoms with Crippen LogP contribution in [0.15, 0.2) is 11.6 Å². The molecule has 0 spiro atoms. The molecule has 1 atom stereocenters. The second-order valence-electron chi connectivity index (χ2n) is 4.59. The van der Waals surface area contributed by atoms with Crippen molar-refractivity contribution >= 4 is 5.97 Å². The number of carboxylic acids is 1. The summed E-state index contributed by atoms with van der Waals surface area (Å²) in [6, 6.07) is 0. The largest absolute Gasteiger partial charge is 0.478 e. The predicted octanol–water partition coefficient (Wildman–Crippen LogP) is 3.29. The highest BCUT2D eigenvalue weighted by Crippen LogP contribution is 2.47. The quantitative estimate of drug-likeness (QED) is 0.605. The smallest absolute Gasteiger partial charge is 0.426 e. The van der Waals surface area contributed by atoms with Crippen molar-refractivity contribution in [1.82, 2.24) is 0 Å². The standard InChI is InChI=1S/C11H14F6O3/c1-6(3-4-7(2)8(18)19)5-9(20,10(12,13)14)11(15,16)17/h4,6,20H,3,5H2,1-2H3,(H,18,19). The lowest BCUT2D eigenvalue weighted by molar-refractivity contribution is -0.372. The van der Waals surface area contributed by atoms with Crippen LogP contribution in [0.3, 0.4) is 0 Å². The van der Waals surface area contributed by atoms with E-state index in [1.165, 1.54) is 0 Å². The third-order valence-corrected chi connectivity index (χ3v) is 2.75. The number of halogens is 6. The van der Waals surface area contributed by atoms with Gasteiger partial charge >= 0.3 is 18.3 Å². The Hall–Kier alpha value is -1.25. The molecule has 0 bridgehead atoms. The lowest BCUT2D eigenvalue weighted by Gasteiger charge is -2.34. The van der Waals surface area contributed by atoms with E-state index in [9.17, 15) is 31.1 Å². The molecule has 0 heterocycles. The van der Waals surface area contributed by atoms with E-state index in [2.05, 4.69) is 0 Å². The predicted molar refractivity (Wildman–Crippen MR) is 56.9 cm³/mol. The van der Waals surface area contributed by atoms with E-state index >= 15 is 0 Å². The normalized spacial score (nSPS) is 16.1. The summed E-state index contributed by atoms with van der Waals surface area (Å²) in [5.41, 5.74) is -5.00. The minimum atomic E-state index is -5.86. The van der Waals surface area contributed by atoms with E-state index < -0.39 is 36.3 Å². The van der Waals surface area contributed by atoms with Crippen molar-refractivity contribution in [3.05, 3.63) is 11.6 Å². The van der Waals surface area contributed by atoms with Gasteiger partial charge in [0.15, 0.2) is 0 Å². The van der Waals surface area contributed by atoms with Crippen molar-refractivity contribution in [2.24, 2.45) is 5.92 Å². The van der Waals surface area contributed by atoms with Crippen LogP contribution in [-0.4, -0.2) is 34.1 Å². The van der Waals surface area contributed by atoms with E-state index in [1.807, 2.05) is 0 Å². The summed E-state index contributed by atoms with van der Waals surface area (Å²) >= 11 is 0. The number of carboxylic acid groups (broad SMARTS) is 1. The maximum absolute atomic E-state index is 12.4. The van der Waals surface area contributed by atoms with Gasteiger partial charge < -0.3 is 10.2 Å². The first kappa shape index (κ1) is 18.8. The lowest BCUT2D eigenvalue weighted by Crippen LogP contribution is -2.57. The molecule has 0 aliphatic heterocycles. The molecule has 0 radical (unpaired) electrons. The van der Waals surface area contributed by atoms with Gasteiger partial charge in [-0.05, 0) is 25.7 Å². The van der Waals surface area contributed by atoms with E-state index in [-0.39, 0.29) is 12.0 Å². The van der Waals surface area contributed by atoms with Crippen LogP contribution >= 0.6 is 0 Å². The zero-order valence-corrected chi connectivity index (χ0v) is 10.6. The first-order valence-corrected chi connectivity index (χ1v) is 5.48. The zero-order chi connectivity index (χ0) is 16.4. The molecule has 3 nitrogen and oxygen atoms in total. The highest BCUT2D eigenvalue weighted by molar-refractivity contribution is 5.85. The number of hydrogen-bond donors (Lipinski definition) is 2. The van der Waals surface area contributed by atoms with E-state index in [0.717, 1.165) is 19.9 Å². The Balaban J connectivity index is 5.05. The third-order valence-electron chi connectivity index (χ3n) is 2.75. The summed E-state index contributed by atoms with van der Waals surface area (Å²) in [5, 5.41) is 17.5. The van der Waals surface area contributed by atoms with Gasteiger partial charge in [-0.1, -0.05) is 13.0 Å². The monoisotopic (exact) mass is 308 g/mol. The highest BCUT2D eigenvalue weighted by Gasteiger charge is 2.70. The van der Waals surface area contributed by atoms with Gasteiger partial charge in [0.05, 0.1) is 0 Å². The molecular formula is C11H14F6O3. The van der Waals surface area contributed by atoms with Crippen molar-refractivity contribution in [1.29, 1.82) is 0 Å². The summed E-state index contributed by atoms with van der Waals surface area (Å²) in [6.45, 7) is 2.23. The number of rotatable bonds is 5. The first-order valence-electron chi connectivity index (χ1n) is 5.48. The van der Waals surface area contributed by atoms with Crippen molar-refractivity contribution in [3.8, 4) is 0 Å².